The van der Waals surface area contributed by atoms with E-state index < -0.39 is 11.7 Å². The van der Waals surface area contributed by atoms with Gasteiger partial charge in [-0.15, -0.1) is 0 Å². The maximum Gasteiger partial charge on any atom is 0.161 e. The van der Waals surface area contributed by atoms with Crippen molar-refractivity contribution in [2.75, 3.05) is 21.3 Å². The van der Waals surface area contributed by atoms with Crippen LogP contribution in [-0.4, -0.2) is 43.0 Å². The third-order valence-corrected chi connectivity index (χ3v) is 3.89. The van der Waals surface area contributed by atoms with Gasteiger partial charge in [0.1, 0.15) is 11.9 Å². The molecule has 0 spiro atoms. The Balaban J connectivity index is 2.70. The summed E-state index contributed by atoms with van der Waals surface area (Å²) in [5.41, 5.74) is 7.64. The summed E-state index contributed by atoms with van der Waals surface area (Å²) < 4.78 is 16.8. The molecule has 1 aromatic rings. The second-order valence-electron chi connectivity index (χ2n) is 4.99. The number of hydrogen-bond donors (Lipinski definition) is 1. The zero-order chi connectivity index (χ0) is 15.6. The first-order chi connectivity index (χ1) is 10.0. The number of nitrogens with zero attached hydrogens (tertiary/aromatic N) is 2. The van der Waals surface area contributed by atoms with E-state index in [2.05, 4.69) is 9.97 Å². The predicted octanol–water partition coefficient (Wildman–Crippen LogP) is 1.50. The third-order valence-electron chi connectivity index (χ3n) is 3.89. The van der Waals surface area contributed by atoms with E-state index in [4.69, 9.17) is 19.9 Å². The van der Waals surface area contributed by atoms with Crippen LogP contribution in [0.3, 0.4) is 0 Å². The molecule has 114 valence electrons. The van der Waals surface area contributed by atoms with Crippen LogP contribution in [-0.2, 0) is 14.2 Å². The fourth-order valence-corrected chi connectivity index (χ4v) is 2.88. The molecule has 1 aliphatic carbocycles. The van der Waals surface area contributed by atoms with E-state index in [1.165, 1.54) is 0 Å². The van der Waals surface area contributed by atoms with Crippen molar-refractivity contribution in [3.8, 4) is 0 Å². The van der Waals surface area contributed by atoms with Crippen molar-refractivity contribution in [1.29, 1.82) is 0 Å². The van der Waals surface area contributed by atoms with Crippen LogP contribution in [0.15, 0.2) is 35.5 Å². The predicted molar refractivity (Wildman–Crippen MR) is 79.1 cm³/mol. The molecule has 2 rings (SSSR count). The summed E-state index contributed by atoms with van der Waals surface area (Å²) in [4.78, 5) is 8.56. The molecule has 1 aliphatic rings. The molecule has 2 atom stereocenters. The number of nitrogens with two attached hydrogens (primary N) is 1. The number of aromatic nitrogens is 2. The Hall–Kier alpha value is -1.92. The molecule has 0 amide bonds. The van der Waals surface area contributed by atoms with Crippen molar-refractivity contribution in [3.05, 3.63) is 41.3 Å². The Morgan fingerprint density at radius 3 is 2.29 bits per heavy atom. The third kappa shape index (κ3) is 2.30. The molecule has 0 saturated carbocycles. The summed E-state index contributed by atoms with van der Waals surface area (Å²) in [5, 5.41) is 0. The zero-order valence-electron chi connectivity index (χ0n) is 13.0. The lowest BCUT2D eigenvalue weighted by atomic mass is 9.81. The number of ether oxygens (including phenoxy) is 3. The van der Waals surface area contributed by atoms with Crippen LogP contribution < -0.4 is 5.73 Å². The van der Waals surface area contributed by atoms with Crippen molar-refractivity contribution in [2.24, 2.45) is 5.73 Å². The zero-order valence-corrected chi connectivity index (χ0v) is 13.0. The first-order valence-electron chi connectivity index (χ1n) is 6.61. The highest BCUT2D eigenvalue weighted by molar-refractivity contribution is 5.80. The summed E-state index contributed by atoms with van der Waals surface area (Å²) in [7, 11) is 4.80. The van der Waals surface area contributed by atoms with Crippen LogP contribution in [0.25, 0.3) is 5.57 Å². The lowest BCUT2D eigenvalue weighted by Crippen LogP contribution is -2.50. The number of methoxy groups -OCH3 is 3. The monoisotopic (exact) mass is 291 g/mol. The number of allylic oxidation sites excluding steroid dienone is 2. The van der Waals surface area contributed by atoms with E-state index in [1.54, 1.807) is 39.8 Å². The van der Waals surface area contributed by atoms with E-state index in [1.807, 2.05) is 13.8 Å². The highest BCUT2D eigenvalue weighted by atomic mass is 16.6. The van der Waals surface area contributed by atoms with E-state index in [-0.39, 0.29) is 0 Å². The molecule has 0 fully saturated rings. The topological polar surface area (TPSA) is 79.5 Å². The standard InChI is InChI=1S/C15H21N3O3/c1-9-10(14-17-7-6-8-18-14)11(16)13(20-4)15(2,21-5)12(9)19-3/h6-8,13H,16H2,1-5H3. The summed E-state index contributed by atoms with van der Waals surface area (Å²) in [6.45, 7) is 3.81. The first kappa shape index (κ1) is 15.5. The Bertz CT molecular complexity index is 583. The van der Waals surface area contributed by atoms with Gasteiger partial charge in [-0.3, -0.25) is 0 Å². The highest BCUT2D eigenvalue weighted by Gasteiger charge is 2.47. The molecule has 1 heterocycles. The van der Waals surface area contributed by atoms with Crippen LogP contribution >= 0.6 is 0 Å². The average Bonchev–Trinajstić information content (AvgIpc) is 2.49. The van der Waals surface area contributed by atoms with Gasteiger partial charge in [0.25, 0.3) is 0 Å². The Morgan fingerprint density at radius 2 is 1.81 bits per heavy atom. The highest BCUT2D eigenvalue weighted by Crippen LogP contribution is 2.42. The second-order valence-corrected chi connectivity index (χ2v) is 4.99. The fraction of sp³-hybridized carbons (Fsp3) is 0.467. The molecule has 0 radical (unpaired) electrons. The minimum atomic E-state index is -0.796. The van der Waals surface area contributed by atoms with Gasteiger partial charge in [-0.05, 0) is 19.9 Å². The molecule has 21 heavy (non-hydrogen) atoms. The second kappa shape index (κ2) is 5.83. The summed E-state index contributed by atoms with van der Waals surface area (Å²) >= 11 is 0. The molecule has 0 aromatic carbocycles. The lowest BCUT2D eigenvalue weighted by Gasteiger charge is -2.41. The molecule has 2 N–H and O–H groups in total. The Labute approximate surface area is 124 Å². The van der Waals surface area contributed by atoms with Crippen molar-refractivity contribution in [1.82, 2.24) is 9.97 Å². The van der Waals surface area contributed by atoms with E-state index in [0.29, 0.717) is 17.3 Å². The number of rotatable bonds is 4. The maximum absolute atomic E-state index is 6.33. The summed E-state index contributed by atoms with van der Waals surface area (Å²) in [6, 6.07) is 1.76. The molecule has 1 aromatic heterocycles. The molecule has 6 heteroatoms. The van der Waals surface area contributed by atoms with E-state index in [0.717, 1.165) is 11.1 Å². The van der Waals surface area contributed by atoms with Crippen LogP contribution in [0, 0.1) is 0 Å². The smallest absolute Gasteiger partial charge is 0.161 e. The van der Waals surface area contributed by atoms with Crippen LogP contribution in [0.5, 0.6) is 0 Å². The maximum atomic E-state index is 6.33. The van der Waals surface area contributed by atoms with Gasteiger partial charge in [0, 0.05) is 37.8 Å². The minimum Gasteiger partial charge on any atom is -0.498 e. The van der Waals surface area contributed by atoms with E-state index >= 15 is 0 Å². The summed E-state index contributed by atoms with van der Waals surface area (Å²) in [6.07, 6.45) is 2.86. The van der Waals surface area contributed by atoms with Gasteiger partial charge in [0.15, 0.2) is 11.4 Å². The molecule has 6 nitrogen and oxygen atoms in total. The van der Waals surface area contributed by atoms with Crippen LogP contribution in [0.1, 0.15) is 19.7 Å². The molecule has 0 aliphatic heterocycles. The van der Waals surface area contributed by atoms with Crippen LogP contribution in [0.4, 0.5) is 0 Å². The average molecular weight is 291 g/mol. The van der Waals surface area contributed by atoms with Crippen molar-refractivity contribution >= 4 is 5.57 Å². The molecule has 2 unspecified atom stereocenters. The van der Waals surface area contributed by atoms with Gasteiger partial charge < -0.3 is 19.9 Å². The Morgan fingerprint density at radius 1 is 1.19 bits per heavy atom. The molecule has 0 bridgehead atoms. The normalized spacial score (nSPS) is 26.2. The lowest BCUT2D eigenvalue weighted by molar-refractivity contribution is -0.0933. The van der Waals surface area contributed by atoms with Gasteiger partial charge in [0.2, 0.25) is 0 Å². The molecule has 0 saturated heterocycles. The Kier molecular flexibility index (Phi) is 4.29. The van der Waals surface area contributed by atoms with Crippen LogP contribution in [0.2, 0.25) is 0 Å². The fourth-order valence-electron chi connectivity index (χ4n) is 2.88. The van der Waals surface area contributed by atoms with Crippen molar-refractivity contribution in [2.45, 2.75) is 25.6 Å². The van der Waals surface area contributed by atoms with Gasteiger partial charge in [0.05, 0.1) is 12.8 Å². The van der Waals surface area contributed by atoms with Gasteiger partial charge in [-0.25, -0.2) is 9.97 Å². The van der Waals surface area contributed by atoms with Crippen molar-refractivity contribution < 1.29 is 14.2 Å². The largest absolute Gasteiger partial charge is 0.498 e. The van der Waals surface area contributed by atoms with E-state index in [9.17, 15) is 0 Å². The first-order valence-corrected chi connectivity index (χ1v) is 6.61. The molecular formula is C15H21N3O3. The van der Waals surface area contributed by atoms with Gasteiger partial charge in [-0.2, -0.15) is 0 Å². The number of hydrogen-bond acceptors (Lipinski definition) is 6. The van der Waals surface area contributed by atoms with Gasteiger partial charge in [-0.1, -0.05) is 0 Å². The quantitative estimate of drug-likeness (QED) is 0.905. The van der Waals surface area contributed by atoms with Crippen molar-refractivity contribution in [3.63, 3.8) is 0 Å². The van der Waals surface area contributed by atoms with Gasteiger partial charge >= 0.3 is 0 Å². The minimum absolute atomic E-state index is 0.486. The summed E-state index contributed by atoms with van der Waals surface area (Å²) in [5.74, 6) is 1.20. The SMILES string of the molecule is COC1=C(C)C(c2ncccn2)=C(N)C(OC)C1(C)OC. The molecular weight excluding hydrogens is 270 g/mol.